The van der Waals surface area contributed by atoms with Crippen LogP contribution in [0.3, 0.4) is 0 Å². The van der Waals surface area contributed by atoms with Crippen molar-refractivity contribution in [1.82, 2.24) is 0 Å². The van der Waals surface area contributed by atoms with Gasteiger partial charge in [-0.3, -0.25) is 0 Å². The van der Waals surface area contributed by atoms with Gasteiger partial charge in [0.15, 0.2) is 0 Å². The summed E-state index contributed by atoms with van der Waals surface area (Å²) < 4.78 is 5.34. The zero-order valence-corrected chi connectivity index (χ0v) is 10.6. The lowest BCUT2D eigenvalue weighted by Gasteiger charge is -2.14. The van der Waals surface area contributed by atoms with E-state index in [0.29, 0.717) is 0 Å². The Kier molecular flexibility index (Phi) is 3.13. The van der Waals surface area contributed by atoms with Crippen molar-refractivity contribution in [2.24, 2.45) is 5.73 Å². The van der Waals surface area contributed by atoms with Crippen molar-refractivity contribution >= 4 is 11.6 Å². The molecule has 0 saturated heterocycles. The maximum atomic E-state index is 6.31. The Labute approximate surface area is 102 Å². The number of benzene rings is 1. The first-order valence-corrected chi connectivity index (χ1v) is 6.04. The van der Waals surface area contributed by atoms with Crippen molar-refractivity contribution in [3.8, 4) is 5.75 Å². The minimum Gasteiger partial charge on any atom is -0.496 e. The SMILES string of the molecule is COc1ccc(C)c(Cl)c1CCC1(N)CC1. The van der Waals surface area contributed by atoms with Gasteiger partial charge in [0.2, 0.25) is 0 Å². The van der Waals surface area contributed by atoms with Crippen molar-refractivity contribution in [1.29, 1.82) is 0 Å². The minimum absolute atomic E-state index is 0.0675. The first-order valence-electron chi connectivity index (χ1n) is 5.66. The van der Waals surface area contributed by atoms with Gasteiger partial charge < -0.3 is 10.5 Å². The lowest BCUT2D eigenvalue weighted by molar-refractivity contribution is 0.408. The second-order valence-corrected chi connectivity index (χ2v) is 5.12. The van der Waals surface area contributed by atoms with Crippen LogP contribution in [0.25, 0.3) is 0 Å². The van der Waals surface area contributed by atoms with E-state index in [1.54, 1.807) is 7.11 Å². The third kappa shape index (κ3) is 2.33. The molecule has 1 aliphatic carbocycles. The highest BCUT2D eigenvalue weighted by molar-refractivity contribution is 6.32. The van der Waals surface area contributed by atoms with Crippen LogP contribution in [0, 0.1) is 6.92 Å². The van der Waals surface area contributed by atoms with E-state index in [2.05, 4.69) is 0 Å². The third-order valence-corrected chi connectivity index (χ3v) is 3.90. The molecule has 0 atom stereocenters. The van der Waals surface area contributed by atoms with Gasteiger partial charge in [0, 0.05) is 11.1 Å². The van der Waals surface area contributed by atoms with Crippen LogP contribution in [-0.2, 0) is 6.42 Å². The number of ether oxygens (including phenoxy) is 1. The lowest BCUT2D eigenvalue weighted by Crippen LogP contribution is -2.22. The number of hydrogen-bond acceptors (Lipinski definition) is 2. The topological polar surface area (TPSA) is 35.2 Å². The Balaban J connectivity index is 2.19. The molecule has 2 nitrogen and oxygen atoms in total. The summed E-state index contributed by atoms with van der Waals surface area (Å²) in [6.07, 6.45) is 4.17. The molecule has 2 N–H and O–H groups in total. The standard InChI is InChI=1S/C13H18ClNO/c1-9-3-4-11(16-2)10(12(9)14)5-6-13(15)7-8-13/h3-4H,5-8,15H2,1-2H3. The first-order chi connectivity index (χ1) is 7.56. The van der Waals surface area contributed by atoms with Gasteiger partial charge in [0.1, 0.15) is 5.75 Å². The van der Waals surface area contributed by atoms with Gasteiger partial charge in [-0.25, -0.2) is 0 Å². The molecular formula is C13H18ClNO. The van der Waals surface area contributed by atoms with Gasteiger partial charge in [0.05, 0.1) is 12.1 Å². The molecule has 0 aliphatic heterocycles. The minimum atomic E-state index is 0.0675. The Morgan fingerprint density at radius 2 is 2.12 bits per heavy atom. The number of rotatable bonds is 4. The van der Waals surface area contributed by atoms with E-state index < -0.39 is 0 Å². The zero-order chi connectivity index (χ0) is 11.8. The van der Waals surface area contributed by atoms with Gasteiger partial charge >= 0.3 is 0 Å². The highest BCUT2D eigenvalue weighted by Crippen LogP contribution is 2.39. The normalized spacial score (nSPS) is 17.2. The average Bonchev–Trinajstić information content (AvgIpc) is 2.99. The zero-order valence-electron chi connectivity index (χ0n) is 9.85. The fraction of sp³-hybridized carbons (Fsp3) is 0.538. The molecule has 1 aromatic rings. The maximum Gasteiger partial charge on any atom is 0.123 e. The fourth-order valence-electron chi connectivity index (χ4n) is 1.93. The Morgan fingerprint density at radius 3 is 2.69 bits per heavy atom. The first kappa shape index (κ1) is 11.7. The molecule has 0 aromatic heterocycles. The van der Waals surface area contributed by atoms with E-state index in [1.807, 2.05) is 19.1 Å². The average molecular weight is 240 g/mol. The smallest absolute Gasteiger partial charge is 0.123 e. The largest absolute Gasteiger partial charge is 0.496 e. The van der Waals surface area contributed by atoms with E-state index in [0.717, 1.165) is 47.6 Å². The summed E-state index contributed by atoms with van der Waals surface area (Å²) >= 11 is 6.31. The molecule has 0 radical (unpaired) electrons. The molecule has 0 amide bonds. The molecule has 0 unspecified atom stereocenters. The summed E-state index contributed by atoms with van der Waals surface area (Å²) in [5.74, 6) is 0.875. The number of aryl methyl sites for hydroxylation is 1. The predicted molar refractivity (Wildman–Crippen MR) is 67.2 cm³/mol. The molecular weight excluding hydrogens is 222 g/mol. The summed E-state index contributed by atoms with van der Waals surface area (Å²) in [5, 5.41) is 0.823. The van der Waals surface area contributed by atoms with Crippen LogP contribution in [0.1, 0.15) is 30.4 Å². The predicted octanol–water partition coefficient (Wildman–Crippen LogP) is 3.08. The summed E-state index contributed by atoms with van der Waals surface area (Å²) in [4.78, 5) is 0. The van der Waals surface area contributed by atoms with Crippen molar-refractivity contribution in [3.63, 3.8) is 0 Å². The maximum absolute atomic E-state index is 6.31. The molecule has 3 heteroatoms. The molecule has 0 spiro atoms. The number of halogens is 1. The molecule has 0 bridgehead atoms. The van der Waals surface area contributed by atoms with Crippen molar-refractivity contribution in [2.75, 3.05) is 7.11 Å². The van der Waals surface area contributed by atoms with Crippen LogP contribution in [0.15, 0.2) is 12.1 Å². The third-order valence-electron chi connectivity index (χ3n) is 3.38. The van der Waals surface area contributed by atoms with Gasteiger partial charge in [-0.1, -0.05) is 17.7 Å². The van der Waals surface area contributed by atoms with Gasteiger partial charge in [0.25, 0.3) is 0 Å². The monoisotopic (exact) mass is 239 g/mol. The molecule has 2 rings (SSSR count). The fourth-order valence-corrected chi connectivity index (χ4v) is 2.18. The highest BCUT2D eigenvalue weighted by Gasteiger charge is 2.37. The van der Waals surface area contributed by atoms with Crippen LogP contribution in [0.4, 0.5) is 0 Å². The summed E-state index contributed by atoms with van der Waals surface area (Å²) in [7, 11) is 1.68. The molecule has 1 aliphatic rings. The van der Waals surface area contributed by atoms with Crippen LogP contribution >= 0.6 is 11.6 Å². The Bertz CT molecular complexity index is 399. The molecule has 1 fully saturated rings. The van der Waals surface area contributed by atoms with E-state index in [9.17, 15) is 0 Å². The summed E-state index contributed by atoms with van der Waals surface area (Å²) in [6.45, 7) is 2.01. The second kappa shape index (κ2) is 4.27. The highest BCUT2D eigenvalue weighted by atomic mass is 35.5. The summed E-state index contributed by atoms with van der Waals surface area (Å²) in [6, 6.07) is 3.96. The lowest BCUT2D eigenvalue weighted by atomic mass is 10.0. The molecule has 1 saturated carbocycles. The Morgan fingerprint density at radius 1 is 1.44 bits per heavy atom. The van der Waals surface area contributed by atoms with Crippen molar-refractivity contribution in [3.05, 3.63) is 28.3 Å². The van der Waals surface area contributed by atoms with Crippen molar-refractivity contribution < 1.29 is 4.74 Å². The van der Waals surface area contributed by atoms with Crippen LogP contribution in [0.5, 0.6) is 5.75 Å². The van der Waals surface area contributed by atoms with E-state index >= 15 is 0 Å². The van der Waals surface area contributed by atoms with Crippen LogP contribution in [0.2, 0.25) is 5.02 Å². The number of nitrogens with two attached hydrogens (primary N) is 1. The van der Waals surface area contributed by atoms with Gasteiger partial charge in [-0.05, 0) is 44.2 Å². The van der Waals surface area contributed by atoms with Crippen LogP contribution < -0.4 is 10.5 Å². The van der Waals surface area contributed by atoms with E-state index in [-0.39, 0.29) is 5.54 Å². The number of hydrogen-bond donors (Lipinski definition) is 1. The van der Waals surface area contributed by atoms with Crippen molar-refractivity contribution in [2.45, 2.75) is 38.1 Å². The van der Waals surface area contributed by atoms with Gasteiger partial charge in [-0.2, -0.15) is 0 Å². The van der Waals surface area contributed by atoms with Crippen LogP contribution in [-0.4, -0.2) is 12.6 Å². The summed E-state index contributed by atoms with van der Waals surface area (Å²) in [5.41, 5.74) is 8.35. The number of methoxy groups -OCH3 is 1. The molecule has 88 valence electrons. The Hall–Kier alpha value is -0.730. The quantitative estimate of drug-likeness (QED) is 0.877. The van der Waals surface area contributed by atoms with E-state index in [4.69, 9.17) is 22.1 Å². The van der Waals surface area contributed by atoms with E-state index in [1.165, 1.54) is 0 Å². The molecule has 1 aromatic carbocycles. The van der Waals surface area contributed by atoms with Gasteiger partial charge in [-0.15, -0.1) is 0 Å². The second-order valence-electron chi connectivity index (χ2n) is 4.74. The molecule has 0 heterocycles. The molecule has 16 heavy (non-hydrogen) atoms.